The molecule has 0 atom stereocenters. The van der Waals surface area contributed by atoms with Crippen molar-refractivity contribution >= 4 is 34.0 Å². The molecule has 0 unspecified atom stereocenters. The van der Waals surface area contributed by atoms with Crippen LogP contribution in [0.3, 0.4) is 0 Å². The smallest absolute Gasteiger partial charge is 0.152 e. The van der Waals surface area contributed by atoms with E-state index in [4.69, 9.17) is 0 Å². The van der Waals surface area contributed by atoms with Gasteiger partial charge in [0.05, 0.1) is 0 Å². The molecule has 0 radical (unpaired) electrons. The van der Waals surface area contributed by atoms with Crippen LogP contribution < -0.4 is 5.32 Å². The minimum absolute atomic E-state index is 0.672. The summed E-state index contributed by atoms with van der Waals surface area (Å²) in [4.78, 5) is 5.78. The lowest BCUT2D eigenvalue weighted by molar-refractivity contribution is 0.966. The lowest BCUT2D eigenvalue weighted by atomic mass is 10.1. The number of aryl methyl sites for hydroxylation is 1. The average Bonchev–Trinajstić information content (AvgIpc) is 3.44. The van der Waals surface area contributed by atoms with Crippen molar-refractivity contribution in [2.24, 2.45) is 0 Å². The minimum Gasteiger partial charge on any atom is -0.338 e. The van der Waals surface area contributed by atoms with E-state index in [1.54, 1.807) is 11.8 Å². The first-order chi connectivity index (χ1) is 13.2. The van der Waals surface area contributed by atoms with Crippen molar-refractivity contribution in [1.29, 1.82) is 0 Å². The van der Waals surface area contributed by atoms with Gasteiger partial charge in [-0.1, -0.05) is 42.1 Å². The Hall–Kier alpha value is -2.79. The fourth-order valence-corrected chi connectivity index (χ4v) is 4.03. The van der Waals surface area contributed by atoms with Gasteiger partial charge in [-0.05, 0) is 54.3 Å². The zero-order chi connectivity index (χ0) is 18.2. The summed E-state index contributed by atoms with van der Waals surface area (Å²) in [6.07, 6.45) is 4.45. The molecule has 4 nitrogen and oxygen atoms in total. The molecule has 2 heterocycles. The van der Waals surface area contributed by atoms with Gasteiger partial charge in [-0.2, -0.15) is 5.10 Å². The number of rotatable bonds is 5. The summed E-state index contributed by atoms with van der Waals surface area (Å²) in [6.45, 7) is 2.06. The minimum atomic E-state index is 0.672. The number of aromatic amines is 1. The molecule has 0 saturated heterocycles. The zero-order valence-corrected chi connectivity index (χ0v) is 15.9. The standard InChI is InChI=1S/C22H20N4S/c1-14-13-23-22(27-18-9-8-15-4-2-3-5-17(15)10-18)12-19(14)24-21-11-20(25-26-21)16-6-7-16/h2-5,8-13,16H,6-7H2,1H3,(H2,23,24,25,26). The lowest BCUT2D eigenvalue weighted by Crippen LogP contribution is -1.95. The molecule has 2 aromatic carbocycles. The zero-order valence-electron chi connectivity index (χ0n) is 15.1. The van der Waals surface area contributed by atoms with Crippen LogP contribution in [-0.4, -0.2) is 15.2 Å². The first kappa shape index (κ1) is 16.4. The van der Waals surface area contributed by atoms with Gasteiger partial charge in [0.15, 0.2) is 5.82 Å². The molecule has 0 aliphatic heterocycles. The number of nitrogens with one attached hydrogen (secondary N) is 2. The second-order valence-corrected chi connectivity index (χ2v) is 8.15. The number of aromatic nitrogens is 3. The number of hydrogen-bond acceptors (Lipinski definition) is 4. The largest absolute Gasteiger partial charge is 0.338 e. The van der Waals surface area contributed by atoms with Gasteiger partial charge in [-0.15, -0.1) is 0 Å². The van der Waals surface area contributed by atoms with Crippen molar-refractivity contribution in [2.75, 3.05) is 5.32 Å². The number of benzene rings is 2. The van der Waals surface area contributed by atoms with E-state index in [1.807, 2.05) is 6.20 Å². The Morgan fingerprint density at radius 3 is 2.74 bits per heavy atom. The van der Waals surface area contributed by atoms with Gasteiger partial charge in [-0.3, -0.25) is 5.10 Å². The Bertz CT molecular complexity index is 1110. The first-order valence-corrected chi connectivity index (χ1v) is 10.0. The molecule has 0 amide bonds. The average molecular weight is 372 g/mol. The Balaban J connectivity index is 1.38. The van der Waals surface area contributed by atoms with E-state index in [1.165, 1.54) is 34.2 Å². The monoisotopic (exact) mass is 372 g/mol. The van der Waals surface area contributed by atoms with Crippen molar-refractivity contribution in [1.82, 2.24) is 15.2 Å². The van der Waals surface area contributed by atoms with Gasteiger partial charge in [0.25, 0.3) is 0 Å². The summed E-state index contributed by atoms with van der Waals surface area (Å²) < 4.78 is 0. The topological polar surface area (TPSA) is 53.6 Å². The molecule has 2 N–H and O–H groups in total. The molecule has 0 bridgehead atoms. The molecule has 2 aromatic heterocycles. The van der Waals surface area contributed by atoms with Crippen molar-refractivity contribution in [3.8, 4) is 0 Å². The molecular formula is C22H20N4S. The van der Waals surface area contributed by atoms with Crippen molar-refractivity contribution < 1.29 is 0 Å². The molecule has 5 rings (SSSR count). The Kier molecular flexibility index (Phi) is 4.09. The van der Waals surface area contributed by atoms with Gasteiger partial charge in [0, 0.05) is 34.5 Å². The highest BCUT2D eigenvalue weighted by Crippen LogP contribution is 2.40. The molecule has 0 spiro atoms. The van der Waals surface area contributed by atoms with Crippen LogP contribution in [0.2, 0.25) is 0 Å². The Labute approximate surface area is 162 Å². The van der Waals surface area contributed by atoms with Crippen LogP contribution in [0.5, 0.6) is 0 Å². The predicted molar refractivity (Wildman–Crippen MR) is 111 cm³/mol. The van der Waals surface area contributed by atoms with Crippen LogP contribution in [-0.2, 0) is 0 Å². The fraction of sp³-hybridized carbons (Fsp3) is 0.182. The van der Waals surface area contributed by atoms with Gasteiger partial charge < -0.3 is 5.32 Å². The van der Waals surface area contributed by atoms with E-state index in [2.05, 4.69) is 82.0 Å². The fourth-order valence-electron chi connectivity index (χ4n) is 3.19. The molecule has 1 aliphatic carbocycles. The lowest BCUT2D eigenvalue weighted by Gasteiger charge is -2.09. The van der Waals surface area contributed by atoms with E-state index in [0.717, 1.165) is 22.1 Å². The van der Waals surface area contributed by atoms with Crippen molar-refractivity contribution in [3.05, 3.63) is 72.1 Å². The van der Waals surface area contributed by atoms with E-state index in [9.17, 15) is 0 Å². The maximum Gasteiger partial charge on any atom is 0.152 e. The third-order valence-electron chi connectivity index (χ3n) is 4.90. The van der Waals surface area contributed by atoms with E-state index < -0.39 is 0 Å². The molecule has 134 valence electrons. The molecule has 1 saturated carbocycles. The number of hydrogen-bond donors (Lipinski definition) is 2. The third kappa shape index (κ3) is 3.55. The number of anilines is 2. The van der Waals surface area contributed by atoms with Crippen molar-refractivity contribution in [3.63, 3.8) is 0 Å². The van der Waals surface area contributed by atoms with Crippen LogP contribution in [0.4, 0.5) is 11.5 Å². The normalized spacial score (nSPS) is 13.8. The second-order valence-electron chi connectivity index (χ2n) is 7.06. The van der Waals surface area contributed by atoms with E-state index in [0.29, 0.717) is 5.92 Å². The molecule has 5 heteroatoms. The van der Waals surface area contributed by atoms with Crippen LogP contribution in [0.1, 0.15) is 30.0 Å². The van der Waals surface area contributed by atoms with Gasteiger partial charge in [0.1, 0.15) is 5.03 Å². The van der Waals surface area contributed by atoms with Crippen LogP contribution >= 0.6 is 11.8 Å². The Morgan fingerprint density at radius 1 is 1.04 bits per heavy atom. The summed E-state index contributed by atoms with van der Waals surface area (Å²) in [6, 6.07) is 19.2. The molecule has 27 heavy (non-hydrogen) atoms. The summed E-state index contributed by atoms with van der Waals surface area (Å²) in [5, 5.41) is 14.5. The highest BCUT2D eigenvalue weighted by atomic mass is 32.2. The Morgan fingerprint density at radius 2 is 1.89 bits per heavy atom. The number of H-pyrrole nitrogens is 1. The van der Waals surface area contributed by atoms with Gasteiger partial charge in [-0.25, -0.2) is 4.98 Å². The van der Waals surface area contributed by atoms with Gasteiger partial charge in [0.2, 0.25) is 0 Å². The number of pyridine rings is 1. The predicted octanol–water partition coefficient (Wildman–Crippen LogP) is 6.04. The van der Waals surface area contributed by atoms with Crippen LogP contribution in [0.25, 0.3) is 10.8 Å². The summed E-state index contributed by atoms with van der Waals surface area (Å²) in [5.41, 5.74) is 3.38. The third-order valence-corrected chi connectivity index (χ3v) is 5.82. The summed E-state index contributed by atoms with van der Waals surface area (Å²) in [5.74, 6) is 1.54. The maximum atomic E-state index is 4.59. The highest BCUT2D eigenvalue weighted by Gasteiger charge is 2.25. The second kappa shape index (κ2) is 6.74. The van der Waals surface area contributed by atoms with Gasteiger partial charge >= 0.3 is 0 Å². The molecule has 1 fully saturated rings. The van der Waals surface area contributed by atoms with Crippen LogP contribution in [0, 0.1) is 6.92 Å². The summed E-state index contributed by atoms with van der Waals surface area (Å²) in [7, 11) is 0. The first-order valence-electron chi connectivity index (χ1n) is 9.20. The molecule has 1 aliphatic rings. The van der Waals surface area contributed by atoms with E-state index in [-0.39, 0.29) is 0 Å². The van der Waals surface area contributed by atoms with Crippen LogP contribution in [0.15, 0.2) is 70.7 Å². The number of fused-ring (bicyclic) bond motifs is 1. The quantitative estimate of drug-likeness (QED) is 0.448. The van der Waals surface area contributed by atoms with E-state index >= 15 is 0 Å². The maximum absolute atomic E-state index is 4.59. The molecular weight excluding hydrogens is 352 g/mol. The SMILES string of the molecule is Cc1cnc(Sc2ccc3ccccc3c2)cc1Nc1cc(C2CC2)[nH]n1. The van der Waals surface area contributed by atoms with Crippen molar-refractivity contribution in [2.45, 2.75) is 35.6 Å². The summed E-state index contributed by atoms with van der Waals surface area (Å²) >= 11 is 1.68. The number of nitrogens with zero attached hydrogens (tertiary/aromatic N) is 2. The molecule has 4 aromatic rings. The highest BCUT2D eigenvalue weighted by molar-refractivity contribution is 7.99.